The predicted molar refractivity (Wildman–Crippen MR) is 102 cm³/mol. The maximum absolute atomic E-state index is 13.8. The fourth-order valence-corrected chi connectivity index (χ4v) is 3.49. The van der Waals surface area contributed by atoms with Crippen LogP contribution in [0.1, 0.15) is 18.4 Å². The molecule has 0 radical (unpaired) electrons. The van der Waals surface area contributed by atoms with Crippen molar-refractivity contribution in [3.05, 3.63) is 63.3 Å². The molecular weight excluding hydrogens is 407 g/mol. The van der Waals surface area contributed by atoms with E-state index in [0.717, 1.165) is 37.5 Å². The number of carbonyl (C=O) groups is 1. The quantitative estimate of drug-likeness (QED) is 0.740. The number of benzene rings is 2. The Hall–Kier alpha value is -1.43. The molecule has 0 spiro atoms. The molecule has 0 saturated carbocycles. The first-order chi connectivity index (χ1) is 12.0. The van der Waals surface area contributed by atoms with Gasteiger partial charge in [0.05, 0.1) is 5.69 Å². The van der Waals surface area contributed by atoms with Crippen molar-refractivity contribution in [1.82, 2.24) is 4.90 Å². The Morgan fingerprint density at radius 2 is 1.88 bits per heavy atom. The number of nitrogens with zero attached hydrogens (tertiary/aromatic N) is 1. The van der Waals surface area contributed by atoms with Gasteiger partial charge in [-0.1, -0.05) is 39.7 Å². The van der Waals surface area contributed by atoms with Crippen molar-refractivity contribution in [2.75, 3.05) is 18.4 Å². The average Bonchev–Trinajstić information content (AvgIpc) is 2.60. The molecule has 25 heavy (non-hydrogen) atoms. The number of carbonyl (C=O) groups excluding carboxylic acids is 1. The molecule has 1 saturated heterocycles. The minimum atomic E-state index is -0.428. The first kappa shape index (κ1) is 18.4. The van der Waals surface area contributed by atoms with Crippen molar-refractivity contribution in [2.45, 2.75) is 19.4 Å². The highest BCUT2D eigenvalue weighted by atomic mass is 79.9. The van der Waals surface area contributed by atoms with Crippen LogP contribution >= 0.6 is 27.5 Å². The summed E-state index contributed by atoms with van der Waals surface area (Å²) in [5, 5.41) is 3.45. The standard InChI is InChI=1S/C19H19BrClFN2O/c20-15-3-6-18(17(22)11-15)23-19(25)14-7-9-24(10-8-14)12-13-1-4-16(21)5-2-13/h1-6,11,14H,7-10,12H2,(H,23,25). The lowest BCUT2D eigenvalue weighted by atomic mass is 9.95. The van der Waals surface area contributed by atoms with E-state index in [1.54, 1.807) is 12.1 Å². The molecule has 0 bridgehead atoms. The van der Waals surface area contributed by atoms with Gasteiger partial charge in [-0.3, -0.25) is 9.69 Å². The molecule has 1 N–H and O–H groups in total. The second-order valence-corrected chi connectivity index (χ2v) is 7.64. The van der Waals surface area contributed by atoms with E-state index < -0.39 is 5.82 Å². The highest BCUT2D eigenvalue weighted by molar-refractivity contribution is 9.10. The fraction of sp³-hybridized carbons (Fsp3) is 0.316. The van der Waals surface area contributed by atoms with Crippen LogP contribution in [-0.2, 0) is 11.3 Å². The van der Waals surface area contributed by atoms with Crippen LogP contribution in [0.25, 0.3) is 0 Å². The number of rotatable bonds is 4. The molecule has 0 aliphatic carbocycles. The molecule has 2 aromatic carbocycles. The summed E-state index contributed by atoms with van der Waals surface area (Å²) < 4.78 is 14.5. The Labute approximate surface area is 160 Å². The normalized spacial score (nSPS) is 16.0. The SMILES string of the molecule is O=C(Nc1ccc(Br)cc1F)C1CCN(Cc2ccc(Cl)cc2)CC1. The van der Waals surface area contributed by atoms with Gasteiger partial charge < -0.3 is 5.32 Å². The molecule has 1 aliphatic rings. The van der Waals surface area contributed by atoms with Crippen LogP contribution in [0, 0.1) is 11.7 Å². The minimum absolute atomic E-state index is 0.0792. The number of anilines is 1. The van der Waals surface area contributed by atoms with E-state index in [0.29, 0.717) is 4.47 Å². The van der Waals surface area contributed by atoms with Crippen LogP contribution in [0.5, 0.6) is 0 Å². The van der Waals surface area contributed by atoms with E-state index in [9.17, 15) is 9.18 Å². The first-order valence-corrected chi connectivity index (χ1v) is 9.41. The molecule has 1 fully saturated rings. The molecule has 3 rings (SSSR count). The summed E-state index contributed by atoms with van der Waals surface area (Å²) >= 11 is 9.12. The van der Waals surface area contributed by atoms with E-state index in [1.807, 2.05) is 24.3 Å². The maximum atomic E-state index is 13.8. The lowest BCUT2D eigenvalue weighted by Crippen LogP contribution is -2.37. The zero-order valence-electron chi connectivity index (χ0n) is 13.6. The lowest BCUT2D eigenvalue weighted by molar-refractivity contribution is -0.121. The van der Waals surface area contributed by atoms with Crippen molar-refractivity contribution >= 4 is 39.1 Å². The molecule has 2 aromatic rings. The number of hydrogen-bond donors (Lipinski definition) is 1. The van der Waals surface area contributed by atoms with E-state index in [2.05, 4.69) is 26.1 Å². The van der Waals surface area contributed by atoms with Crippen LogP contribution < -0.4 is 5.32 Å². The van der Waals surface area contributed by atoms with Crippen molar-refractivity contribution in [1.29, 1.82) is 0 Å². The van der Waals surface area contributed by atoms with Crippen molar-refractivity contribution in [3.8, 4) is 0 Å². The molecule has 6 heteroatoms. The van der Waals surface area contributed by atoms with Gasteiger partial charge in [-0.2, -0.15) is 0 Å². The molecule has 0 aromatic heterocycles. The third kappa shape index (κ3) is 5.03. The Morgan fingerprint density at radius 3 is 2.52 bits per heavy atom. The van der Waals surface area contributed by atoms with E-state index >= 15 is 0 Å². The number of halogens is 3. The van der Waals surface area contributed by atoms with Gasteiger partial charge in [-0.15, -0.1) is 0 Å². The van der Waals surface area contributed by atoms with Crippen LogP contribution in [0.2, 0.25) is 5.02 Å². The monoisotopic (exact) mass is 424 g/mol. The summed E-state index contributed by atoms with van der Waals surface area (Å²) in [4.78, 5) is 14.7. The third-order valence-electron chi connectivity index (χ3n) is 4.47. The van der Waals surface area contributed by atoms with Crippen molar-refractivity contribution in [3.63, 3.8) is 0 Å². The maximum Gasteiger partial charge on any atom is 0.227 e. The van der Waals surface area contributed by atoms with Gasteiger partial charge in [0.1, 0.15) is 5.82 Å². The number of amides is 1. The molecule has 1 aliphatic heterocycles. The van der Waals surface area contributed by atoms with Gasteiger partial charge in [0.15, 0.2) is 0 Å². The van der Waals surface area contributed by atoms with E-state index in [1.165, 1.54) is 11.6 Å². The van der Waals surface area contributed by atoms with Gasteiger partial charge in [-0.25, -0.2) is 4.39 Å². The largest absolute Gasteiger partial charge is 0.323 e. The van der Waals surface area contributed by atoms with Gasteiger partial charge >= 0.3 is 0 Å². The summed E-state index contributed by atoms with van der Waals surface area (Å²) in [6.45, 7) is 2.56. The van der Waals surface area contributed by atoms with Gasteiger partial charge in [0.25, 0.3) is 0 Å². The van der Waals surface area contributed by atoms with E-state index in [4.69, 9.17) is 11.6 Å². The molecule has 0 unspecified atom stereocenters. The number of likely N-dealkylation sites (tertiary alicyclic amines) is 1. The van der Waals surface area contributed by atoms with Crippen molar-refractivity contribution in [2.24, 2.45) is 5.92 Å². The Morgan fingerprint density at radius 1 is 1.20 bits per heavy atom. The molecule has 1 amide bonds. The topological polar surface area (TPSA) is 32.3 Å². The zero-order chi connectivity index (χ0) is 17.8. The highest BCUT2D eigenvalue weighted by Gasteiger charge is 2.25. The molecule has 132 valence electrons. The summed E-state index contributed by atoms with van der Waals surface area (Å²) in [6, 6.07) is 12.5. The Balaban J connectivity index is 1.51. The Bertz CT molecular complexity index is 746. The fourth-order valence-electron chi connectivity index (χ4n) is 3.03. The first-order valence-electron chi connectivity index (χ1n) is 8.24. The minimum Gasteiger partial charge on any atom is -0.323 e. The number of hydrogen-bond acceptors (Lipinski definition) is 2. The molecule has 0 atom stereocenters. The summed E-state index contributed by atoms with van der Waals surface area (Å²) in [5.41, 5.74) is 1.45. The number of piperidine rings is 1. The average molecular weight is 426 g/mol. The molecule has 1 heterocycles. The van der Waals surface area contributed by atoms with E-state index in [-0.39, 0.29) is 17.5 Å². The van der Waals surface area contributed by atoms with Gasteiger partial charge in [0.2, 0.25) is 5.91 Å². The second-order valence-electron chi connectivity index (χ2n) is 6.29. The smallest absolute Gasteiger partial charge is 0.227 e. The van der Waals surface area contributed by atoms with Gasteiger partial charge in [-0.05, 0) is 61.8 Å². The van der Waals surface area contributed by atoms with Crippen LogP contribution in [0.15, 0.2) is 46.9 Å². The van der Waals surface area contributed by atoms with Crippen LogP contribution in [0.4, 0.5) is 10.1 Å². The molecular formula is C19H19BrClFN2O. The molecule has 3 nitrogen and oxygen atoms in total. The summed E-state index contributed by atoms with van der Waals surface area (Å²) in [6.07, 6.45) is 1.55. The third-order valence-corrected chi connectivity index (χ3v) is 5.21. The zero-order valence-corrected chi connectivity index (χ0v) is 16.0. The predicted octanol–water partition coefficient (Wildman–Crippen LogP) is 5.09. The van der Waals surface area contributed by atoms with Crippen LogP contribution in [0.3, 0.4) is 0 Å². The Kier molecular flexibility index (Phi) is 6.10. The van der Waals surface area contributed by atoms with Gasteiger partial charge in [0, 0.05) is 22.0 Å². The second kappa shape index (κ2) is 8.30. The van der Waals surface area contributed by atoms with Crippen molar-refractivity contribution < 1.29 is 9.18 Å². The summed E-state index contributed by atoms with van der Waals surface area (Å²) in [5.74, 6) is -0.611. The summed E-state index contributed by atoms with van der Waals surface area (Å²) in [7, 11) is 0. The lowest BCUT2D eigenvalue weighted by Gasteiger charge is -2.31. The van der Waals surface area contributed by atoms with Crippen LogP contribution in [-0.4, -0.2) is 23.9 Å². The number of nitrogens with one attached hydrogen (secondary N) is 1. The highest BCUT2D eigenvalue weighted by Crippen LogP contribution is 2.24.